The molecule has 8 nitrogen and oxygen atoms in total. The maximum Gasteiger partial charge on any atom is 0.317 e. The molecule has 0 radical (unpaired) electrons. The summed E-state index contributed by atoms with van der Waals surface area (Å²) in [5, 5.41) is 28.2. The van der Waals surface area contributed by atoms with E-state index in [2.05, 4.69) is 46.3 Å². The number of aliphatic carboxylic acids is 1. The van der Waals surface area contributed by atoms with Gasteiger partial charge in [-0.1, -0.05) is 24.3 Å². The normalized spacial score (nSPS) is 18.2. The van der Waals surface area contributed by atoms with Crippen molar-refractivity contribution in [1.82, 2.24) is 15.5 Å². The van der Waals surface area contributed by atoms with Crippen LogP contribution in [0.3, 0.4) is 0 Å². The molecule has 0 bridgehead atoms. The molecular weight excluding hydrogens is 406 g/mol. The van der Waals surface area contributed by atoms with E-state index in [1.165, 1.54) is 5.56 Å². The minimum Gasteiger partial charge on any atom is -0.497 e. The fourth-order valence-corrected chi connectivity index (χ4v) is 3.77. The Balaban J connectivity index is 1.44. The number of nitrogens with one attached hydrogen (secondary N) is 3. The van der Waals surface area contributed by atoms with Crippen LogP contribution in [0.5, 0.6) is 5.75 Å². The Morgan fingerprint density at radius 3 is 2.44 bits per heavy atom. The number of nitriles is 1. The average molecular weight is 438 g/mol. The number of anilines is 1. The van der Waals surface area contributed by atoms with Gasteiger partial charge in [0.25, 0.3) is 0 Å². The molecule has 1 aliphatic rings. The molecule has 1 heterocycles. The van der Waals surface area contributed by atoms with E-state index in [9.17, 15) is 4.79 Å². The summed E-state index contributed by atoms with van der Waals surface area (Å²) in [7, 11) is 1.67. The van der Waals surface area contributed by atoms with Crippen LogP contribution in [0.2, 0.25) is 0 Å². The van der Waals surface area contributed by atoms with Gasteiger partial charge in [0.15, 0.2) is 0 Å². The molecule has 0 aliphatic carbocycles. The first-order chi connectivity index (χ1) is 15.6. The summed E-state index contributed by atoms with van der Waals surface area (Å²) < 4.78 is 5.23. The summed E-state index contributed by atoms with van der Waals surface area (Å²) >= 11 is 0. The zero-order valence-corrected chi connectivity index (χ0v) is 18.4. The highest BCUT2D eigenvalue weighted by Gasteiger charge is 2.21. The van der Waals surface area contributed by atoms with Gasteiger partial charge in [0, 0.05) is 44.2 Å². The highest BCUT2D eigenvalue weighted by atomic mass is 16.5. The van der Waals surface area contributed by atoms with E-state index in [0.29, 0.717) is 25.4 Å². The van der Waals surface area contributed by atoms with Crippen LogP contribution in [0.1, 0.15) is 23.5 Å². The zero-order chi connectivity index (χ0) is 22.8. The molecule has 0 saturated carbocycles. The number of nitrogens with zero attached hydrogens (tertiary/aromatic N) is 2. The lowest BCUT2D eigenvalue weighted by atomic mass is 9.97. The fraction of sp³-hybridized carbons (Fsp3) is 0.417. The van der Waals surface area contributed by atoms with Crippen LogP contribution in [-0.2, 0) is 11.2 Å². The largest absolute Gasteiger partial charge is 0.497 e. The van der Waals surface area contributed by atoms with Crippen LogP contribution in [0, 0.1) is 11.3 Å². The molecule has 0 unspecified atom stereocenters. The number of hydrogen-bond donors (Lipinski definition) is 4. The zero-order valence-electron chi connectivity index (χ0n) is 18.4. The van der Waals surface area contributed by atoms with Gasteiger partial charge in [-0.15, -0.1) is 0 Å². The minimum atomic E-state index is -0.871. The fourth-order valence-electron chi connectivity index (χ4n) is 3.77. The van der Waals surface area contributed by atoms with Gasteiger partial charge in [-0.05, 0) is 41.8 Å². The molecule has 2 aromatic rings. The van der Waals surface area contributed by atoms with Crippen LogP contribution < -0.4 is 20.7 Å². The summed E-state index contributed by atoms with van der Waals surface area (Å²) in [6, 6.07) is 18.4. The second kappa shape index (κ2) is 12.1. The van der Waals surface area contributed by atoms with Crippen molar-refractivity contribution in [1.29, 1.82) is 5.26 Å². The molecule has 0 atom stereocenters. The lowest BCUT2D eigenvalue weighted by Gasteiger charge is -2.32. The van der Waals surface area contributed by atoms with Crippen LogP contribution in [0.4, 0.5) is 5.69 Å². The number of hydrogen-bond acceptors (Lipinski definition) is 7. The number of benzene rings is 2. The molecule has 1 aliphatic heterocycles. The molecule has 8 heteroatoms. The summed E-state index contributed by atoms with van der Waals surface area (Å²) in [5.74, 6) is 0.394. The molecule has 3 rings (SSSR count). The van der Waals surface area contributed by atoms with Gasteiger partial charge in [-0.25, -0.2) is 0 Å². The molecule has 32 heavy (non-hydrogen) atoms. The maximum absolute atomic E-state index is 11.0. The first-order valence-corrected chi connectivity index (χ1v) is 10.8. The average Bonchev–Trinajstić information content (AvgIpc) is 2.82. The molecule has 2 aromatic carbocycles. The Morgan fingerprint density at radius 1 is 1.16 bits per heavy atom. The second-order valence-electron chi connectivity index (χ2n) is 7.89. The van der Waals surface area contributed by atoms with E-state index >= 15 is 0 Å². The minimum absolute atomic E-state index is 0.00705. The van der Waals surface area contributed by atoms with E-state index < -0.39 is 5.97 Å². The number of ether oxygens (including phenoxy) is 1. The topological polar surface area (TPSA) is 110 Å². The Bertz CT molecular complexity index is 887. The smallest absolute Gasteiger partial charge is 0.317 e. The van der Waals surface area contributed by atoms with Crippen molar-refractivity contribution in [2.75, 3.05) is 45.2 Å². The van der Waals surface area contributed by atoms with Gasteiger partial charge in [-0.2, -0.15) is 5.26 Å². The highest BCUT2D eigenvalue weighted by Crippen LogP contribution is 2.21. The highest BCUT2D eigenvalue weighted by molar-refractivity contribution is 5.69. The number of methoxy groups -OCH3 is 1. The van der Waals surface area contributed by atoms with Crippen molar-refractivity contribution < 1.29 is 14.6 Å². The van der Waals surface area contributed by atoms with E-state index in [0.717, 1.165) is 36.5 Å². The first-order valence-electron chi connectivity index (χ1n) is 10.8. The number of carboxylic acids is 1. The monoisotopic (exact) mass is 437 g/mol. The summed E-state index contributed by atoms with van der Waals surface area (Å²) in [4.78, 5) is 12.8. The van der Waals surface area contributed by atoms with Gasteiger partial charge >= 0.3 is 5.97 Å². The third kappa shape index (κ3) is 7.24. The van der Waals surface area contributed by atoms with Gasteiger partial charge < -0.3 is 15.2 Å². The van der Waals surface area contributed by atoms with Crippen LogP contribution in [0.15, 0.2) is 48.5 Å². The van der Waals surface area contributed by atoms with Gasteiger partial charge in [0.1, 0.15) is 12.0 Å². The van der Waals surface area contributed by atoms with Crippen molar-refractivity contribution in [3.05, 3.63) is 59.7 Å². The molecule has 1 saturated heterocycles. The number of carboxylic acid groups (broad SMARTS) is 1. The maximum atomic E-state index is 11.0. The molecule has 0 aromatic heterocycles. The Hall–Kier alpha value is -3.12. The predicted octanol–water partition coefficient (Wildman–Crippen LogP) is 2.21. The summed E-state index contributed by atoms with van der Waals surface area (Å²) in [6.45, 7) is 2.78. The molecule has 170 valence electrons. The SMILES string of the molecule is COc1ccc(C2CNC(Nc3ccc(CCN(CCC#N)CC(=O)O)cc3)NC2)cc1. The number of carbonyl (C=O) groups is 1. The van der Waals surface area contributed by atoms with Crippen LogP contribution in [-0.4, -0.2) is 62.1 Å². The van der Waals surface area contributed by atoms with Crippen molar-refractivity contribution in [2.45, 2.75) is 25.0 Å². The van der Waals surface area contributed by atoms with Crippen LogP contribution >= 0.6 is 0 Å². The summed E-state index contributed by atoms with van der Waals surface area (Å²) in [5.41, 5.74) is 3.42. The van der Waals surface area contributed by atoms with Crippen molar-refractivity contribution >= 4 is 11.7 Å². The first kappa shape index (κ1) is 23.5. The Labute approximate surface area is 189 Å². The van der Waals surface area contributed by atoms with Crippen molar-refractivity contribution in [3.63, 3.8) is 0 Å². The van der Waals surface area contributed by atoms with Crippen molar-refractivity contribution in [2.24, 2.45) is 0 Å². The molecular formula is C24H31N5O3. The predicted molar refractivity (Wildman–Crippen MR) is 124 cm³/mol. The standard InChI is InChI=1S/C24H31N5O3/c1-32-22-9-5-19(6-10-22)20-15-26-24(27-16-20)28-21-7-3-18(4-8-21)11-14-29(13-2-12-25)17-23(30)31/h3-10,20,24,26-28H,2,11,13-17H2,1H3,(H,30,31). The second-order valence-corrected chi connectivity index (χ2v) is 7.89. The van der Waals surface area contributed by atoms with Gasteiger partial charge in [0.05, 0.1) is 19.7 Å². The molecule has 0 spiro atoms. The summed E-state index contributed by atoms with van der Waals surface area (Å²) in [6.07, 6.45) is 1.06. The van der Waals surface area contributed by atoms with Gasteiger partial charge in [0.2, 0.25) is 0 Å². The van der Waals surface area contributed by atoms with E-state index in [-0.39, 0.29) is 12.8 Å². The molecule has 0 amide bonds. The lowest BCUT2D eigenvalue weighted by Crippen LogP contribution is -2.55. The van der Waals surface area contributed by atoms with E-state index in [1.807, 2.05) is 24.3 Å². The van der Waals surface area contributed by atoms with Crippen molar-refractivity contribution in [3.8, 4) is 11.8 Å². The van der Waals surface area contributed by atoms with E-state index in [4.69, 9.17) is 15.1 Å². The third-order valence-electron chi connectivity index (χ3n) is 5.60. The Morgan fingerprint density at radius 2 is 1.84 bits per heavy atom. The molecule has 1 fully saturated rings. The van der Waals surface area contributed by atoms with Crippen LogP contribution in [0.25, 0.3) is 0 Å². The molecule has 4 N–H and O–H groups in total. The quantitative estimate of drug-likeness (QED) is 0.424. The lowest BCUT2D eigenvalue weighted by molar-refractivity contribution is -0.138. The van der Waals surface area contributed by atoms with E-state index in [1.54, 1.807) is 12.0 Å². The van der Waals surface area contributed by atoms with Gasteiger partial charge in [-0.3, -0.25) is 20.3 Å². The third-order valence-corrected chi connectivity index (χ3v) is 5.60. The Kier molecular flexibility index (Phi) is 8.87. The number of rotatable bonds is 11.